The number of nitrogens with zero attached hydrogens (tertiary/aromatic N) is 2. The summed E-state index contributed by atoms with van der Waals surface area (Å²) in [5, 5.41) is -0.0537. The minimum atomic E-state index is -2.69. The molecule has 0 bridgehead atoms. The second-order valence-corrected chi connectivity index (χ2v) is 8.26. The Morgan fingerprint density at radius 3 is 1.34 bits per heavy atom. The van der Waals surface area contributed by atoms with Gasteiger partial charge < -0.3 is 0 Å². The SMILES string of the molecule is [2H]C([2H])(c1ccc(-c2ccccc2)nc1)C([2H])([2H])c1cc(Cl)cc(C([2H])([2H])C([2H])([2H])c2ccc(-c3ccccc3)nc2)c1. The number of hydrogen-bond acceptors (Lipinski definition) is 2. The highest BCUT2D eigenvalue weighted by atomic mass is 35.5. The van der Waals surface area contributed by atoms with Crippen LogP contribution >= 0.6 is 11.6 Å². The molecule has 5 rings (SSSR count). The quantitative estimate of drug-likeness (QED) is 0.223. The summed E-state index contributed by atoms with van der Waals surface area (Å²) in [4.78, 5) is 8.68. The molecule has 0 atom stereocenters. The summed E-state index contributed by atoms with van der Waals surface area (Å²) in [6.07, 6.45) is -8.00. The molecule has 0 unspecified atom stereocenters. The lowest BCUT2D eigenvalue weighted by molar-refractivity contribution is 0.923. The Morgan fingerprint density at radius 1 is 0.514 bits per heavy atom. The molecule has 3 aromatic carbocycles. The van der Waals surface area contributed by atoms with Crippen molar-refractivity contribution in [3.63, 3.8) is 0 Å². The zero-order valence-corrected chi connectivity index (χ0v) is 19.5. The lowest BCUT2D eigenvalue weighted by atomic mass is 9.99. The summed E-state index contributed by atoms with van der Waals surface area (Å²) in [7, 11) is 0. The third-order valence-corrected chi connectivity index (χ3v) is 5.48. The summed E-state index contributed by atoms with van der Waals surface area (Å²) in [5.74, 6) is 0. The molecule has 0 aliphatic carbocycles. The molecule has 2 nitrogen and oxygen atoms in total. The molecule has 0 saturated heterocycles. The van der Waals surface area contributed by atoms with Crippen LogP contribution in [-0.2, 0) is 25.5 Å². The lowest BCUT2D eigenvalue weighted by Gasteiger charge is -2.09. The van der Waals surface area contributed by atoms with Gasteiger partial charge in [0.25, 0.3) is 0 Å². The monoisotopic (exact) mass is 482 g/mol. The molecule has 35 heavy (non-hydrogen) atoms. The summed E-state index contributed by atoms with van der Waals surface area (Å²) in [6, 6.07) is 28.4. The van der Waals surface area contributed by atoms with E-state index in [1.807, 2.05) is 60.7 Å². The van der Waals surface area contributed by atoms with Gasteiger partial charge in [-0.3, -0.25) is 9.97 Å². The van der Waals surface area contributed by atoms with E-state index in [1.54, 1.807) is 12.1 Å². The van der Waals surface area contributed by atoms with Gasteiger partial charge in [-0.2, -0.15) is 0 Å². The number of halogens is 1. The first kappa shape index (κ1) is 15.3. The second-order valence-electron chi connectivity index (χ2n) is 7.82. The highest BCUT2D eigenvalue weighted by Crippen LogP contribution is 2.21. The fourth-order valence-corrected chi connectivity index (χ4v) is 3.75. The van der Waals surface area contributed by atoms with Crippen LogP contribution in [0, 0.1) is 0 Å². The van der Waals surface area contributed by atoms with Crippen LogP contribution < -0.4 is 0 Å². The number of pyridine rings is 2. The van der Waals surface area contributed by atoms with E-state index in [0.29, 0.717) is 11.4 Å². The Kier molecular flexibility index (Phi) is 4.86. The number of rotatable bonds is 8. The highest BCUT2D eigenvalue weighted by molar-refractivity contribution is 6.30. The van der Waals surface area contributed by atoms with Crippen molar-refractivity contribution in [3.05, 3.63) is 143 Å². The van der Waals surface area contributed by atoms with Crippen LogP contribution in [-0.4, -0.2) is 9.97 Å². The average Bonchev–Trinajstić information content (AvgIpc) is 3.01. The van der Waals surface area contributed by atoms with Crippen molar-refractivity contribution < 1.29 is 11.0 Å². The molecule has 0 saturated carbocycles. The van der Waals surface area contributed by atoms with Crippen LogP contribution in [0.3, 0.4) is 0 Å². The van der Waals surface area contributed by atoms with E-state index in [1.165, 1.54) is 36.7 Å². The minimum Gasteiger partial charge on any atom is -0.256 e. The van der Waals surface area contributed by atoms with Crippen LogP contribution in [0.1, 0.15) is 33.2 Å². The number of aryl methyl sites for hydroxylation is 4. The first-order valence-corrected chi connectivity index (χ1v) is 11.5. The minimum absolute atomic E-state index is 0.0124. The van der Waals surface area contributed by atoms with Crippen molar-refractivity contribution in [2.75, 3.05) is 0 Å². The Bertz CT molecular complexity index is 1590. The van der Waals surface area contributed by atoms with Crippen molar-refractivity contribution in [2.45, 2.75) is 25.5 Å². The van der Waals surface area contributed by atoms with Gasteiger partial charge in [-0.05, 0) is 72.0 Å². The highest BCUT2D eigenvalue weighted by Gasteiger charge is 2.05. The normalized spacial score (nSPS) is 15.9. The van der Waals surface area contributed by atoms with Crippen molar-refractivity contribution in [1.82, 2.24) is 9.97 Å². The lowest BCUT2D eigenvalue weighted by Crippen LogP contribution is -1.97. The molecule has 0 N–H and O–H groups in total. The summed E-state index contributed by atoms with van der Waals surface area (Å²) >= 11 is 6.33. The molecule has 0 spiro atoms. The molecule has 0 radical (unpaired) electrons. The first-order chi connectivity index (χ1) is 20.2. The van der Waals surface area contributed by atoms with Crippen molar-refractivity contribution in [2.24, 2.45) is 0 Å². The Labute approximate surface area is 223 Å². The second kappa shape index (κ2) is 11.1. The van der Waals surface area contributed by atoms with E-state index in [0.717, 1.165) is 17.2 Å². The maximum absolute atomic E-state index is 8.83. The fourth-order valence-electron chi connectivity index (χ4n) is 3.52. The predicted octanol–water partition coefficient (Wildman–Crippen LogP) is 8.03. The average molecular weight is 483 g/mol. The van der Waals surface area contributed by atoms with E-state index < -0.39 is 25.5 Å². The molecule has 0 aliphatic heterocycles. The van der Waals surface area contributed by atoms with Gasteiger partial charge in [0.15, 0.2) is 0 Å². The van der Waals surface area contributed by atoms with Crippen LogP contribution in [0.2, 0.25) is 5.02 Å². The molecular weight excluding hydrogens is 448 g/mol. The molecule has 2 aromatic heterocycles. The summed E-state index contributed by atoms with van der Waals surface area (Å²) in [6.45, 7) is 0. The van der Waals surface area contributed by atoms with E-state index in [9.17, 15) is 0 Å². The molecule has 0 aliphatic rings. The topological polar surface area (TPSA) is 25.8 Å². The van der Waals surface area contributed by atoms with Gasteiger partial charge in [0.05, 0.1) is 11.4 Å². The van der Waals surface area contributed by atoms with Gasteiger partial charge >= 0.3 is 0 Å². The van der Waals surface area contributed by atoms with Crippen LogP contribution in [0.5, 0.6) is 0 Å². The maximum atomic E-state index is 8.83. The maximum Gasteiger partial charge on any atom is 0.0702 e. The van der Waals surface area contributed by atoms with Gasteiger partial charge in [-0.15, -0.1) is 0 Å². The number of aromatic nitrogens is 2. The van der Waals surface area contributed by atoms with Crippen LogP contribution in [0.25, 0.3) is 22.5 Å². The van der Waals surface area contributed by atoms with Gasteiger partial charge in [-0.1, -0.05) is 90.5 Å². The van der Waals surface area contributed by atoms with Crippen LogP contribution in [0.15, 0.2) is 116 Å². The van der Waals surface area contributed by atoms with Gasteiger partial charge in [-0.25, -0.2) is 0 Å². The molecule has 3 heteroatoms. The Hall–Kier alpha value is -3.75. The largest absolute Gasteiger partial charge is 0.256 e. The first-order valence-electron chi connectivity index (χ1n) is 15.1. The third-order valence-electron chi connectivity index (χ3n) is 5.27. The van der Waals surface area contributed by atoms with E-state index in [-0.39, 0.29) is 27.3 Å². The van der Waals surface area contributed by atoms with Gasteiger partial charge in [0.2, 0.25) is 0 Å². The van der Waals surface area contributed by atoms with E-state index in [2.05, 4.69) is 9.97 Å². The Balaban J connectivity index is 1.47. The van der Waals surface area contributed by atoms with Crippen molar-refractivity contribution in [1.29, 1.82) is 0 Å². The van der Waals surface area contributed by atoms with E-state index in [4.69, 9.17) is 22.6 Å². The molecule has 0 amide bonds. The summed E-state index contributed by atoms with van der Waals surface area (Å²) in [5.41, 5.74) is 2.38. The van der Waals surface area contributed by atoms with Crippen molar-refractivity contribution in [3.8, 4) is 22.5 Å². The molecular formula is C32H27ClN2. The Morgan fingerprint density at radius 2 is 0.943 bits per heavy atom. The molecule has 2 heterocycles. The molecule has 172 valence electrons. The predicted molar refractivity (Wildman–Crippen MR) is 146 cm³/mol. The standard InChI is InChI=1S/C32H27ClN2/c33-30-20-26(13-11-24-15-17-31(34-22-24)28-7-3-1-4-8-28)19-27(21-30)14-12-25-16-18-32(35-23-25)29-9-5-2-6-10-29/h1-10,15-23H,11-14H2/i11D2,12D2,13D2,14D2. The molecule has 0 fully saturated rings. The summed E-state index contributed by atoms with van der Waals surface area (Å²) < 4.78 is 70.4. The number of hydrogen-bond donors (Lipinski definition) is 0. The zero-order valence-electron chi connectivity index (χ0n) is 26.7. The number of benzene rings is 3. The van der Waals surface area contributed by atoms with Gasteiger partial charge in [0, 0.05) is 39.5 Å². The van der Waals surface area contributed by atoms with Gasteiger partial charge in [0.1, 0.15) is 0 Å². The van der Waals surface area contributed by atoms with Crippen molar-refractivity contribution >= 4 is 11.6 Å². The molecule has 5 aromatic rings. The van der Waals surface area contributed by atoms with E-state index >= 15 is 0 Å². The zero-order chi connectivity index (χ0) is 31.0. The smallest absolute Gasteiger partial charge is 0.0702 e. The van der Waals surface area contributed by atoms with Crippen LogP contribution in [0.4, 0.5) is 0 Å². The third kappa shape index (κ3) is 6.23. The fraction of sp³-hybridized carbons (Fsp3) is 0.125.